The summed E-state index contributed by atoms with van der Waals surface area (Å²) in [6.45, 7) is 3.48. The van der Waals surface area contributed by atoms with Gasteiger partial charge in [0.05, 0.1) is 30.8 Å². The van der Waals surface area contributed by atoms with Crippen molar-refractivity contribution >= 4 is 28.8 Å². The maximum absolute atomic E-state index is 14.1. The summed E-state index contributed by atoms with van der Waals surface area (Å²) in [6, 6.07) is 5.61. The molecule has 3 aliphatic rings. The highest BCUT2D eigenvalue weighted by Gasteiger charge is 2.41. The molecule has 1 saturated heterocycles. The standard InChI is InChI=1S/C22H24FN3O3S/c1-3-17-19(21(28)29-2)20(14-7-6-8-15(23)11-14)26-16(13-30-22(26)24-17)12-18(27)25-9-4-5-10-25/h6-8,11,13,20H,3-5,9-10,12H2,1-2H3/t20-/m1/s1. The molecule has 8 heteroatoms. The van der Waals surface area contributed by atoms with Crippen LogP contribution in [-0.2, 0) is 14.3 Å². The van der Waals surface area contributed by atoms with Gasteiger partial charge in [0.1, 0.15) is 5.82 Å². The Bertz CT molecular complexity index is 966. The maximum Gasteiger partial charge on any atom is 0.338 e. The van der Waals surface area contributed by atoms with Crippen molar-refractivity contribution in [3.8, 4) is 0 Å². The van der Waals surface area contributed by atoms with E-state index in [4.69, 9.17) is 4.74 Å². The number of allylic oxidation sites excluding steroid dienone is 1. The topological polar surface area (TPSA) is 62.2 Å². The molecule has 3 heterocycles. The summed E-state index contributed by atoms with van der Waals surface area (Å²) in [5, 5.41) is 2.60. The summed E-state index contributed by atoms with van der Waals surface area (Å²) in [5.41, 5.74) is 2.39. The first-order valence-corrected chi connectivity index (χ1v) is 11.0. The third-order valence-electron chi connectivity index (χ3n) is 5.58. The van der Waals surface area contributed by atoms with Crippen LogP contribution in [0.15, 0.2) is 51.6 Å². The second-order valence-electron chi connectivity index (χ2n) is 7.42. The van der Waals surface area contributed by atoms with Crippen molar-refractivity contribution in [1.82, 2.24) is 9.80 Å². The van der Waals surface area contributed by atoms with Crippen LogP contribution in [0, 0.1) is 5.82 Å². The molecule has 0 spiro atoms. The van der Waals surface area contributed by atoms with Gasteiger partial charge in [-0.25, -0.2) is 14.2 Å². The molecule has 0 saturated carbocycles. The first-order chi connectivity index (χ1) is 14.5. The van der Waals surface area contributed by atoms with Gasteiger partial charge in [-0.15, -0.1) is 0 Å². The van der Waals surface area contributed by atoms with Crippen molar-refractivity contribution < 1.29 is 18.7 Å². The van der Waals surface area contributed by atoms with Crippen molar-refractivity contribution in [2.45, 2.75) is 38.6 Å². The first kappa shape index (κ1) is 20.7. The van der Waals surface area contributed by atoms with Crippen LogP contribution < -0.4 is 0 Å². The van der Waals surface area contributed by atoms with Gasteiger partial charge in [0.15, 0.2) is 5.17 Å². The second-order valence-corrected chi connectivity index (χ2v) is 8.26. The summed E-state index contributed by atoms with van der Waals surface area (Å²) < 4.78 is 19.2. The summed E-state index contributed by atoms with van der Waals surface area (Å²) in [5.74, 6) is -0.821. The lowest BCUT2D eigenvalue weighted by Crippen LogP contribution is -2.38. The highest BCUT2D eigenvalue weighted by Crippen LogP contribution is 2.45. The zero-order chi connectivity index (χ0) is 21.3. The molecule has 1 fully saturated rings. The van der Waals surface area contributed by atoms with Gasteiger partial charge >= 0.3 is 5.97 Å². The minimum atomic E-state index is -0.594. The Morgan fingerprint density at radius 3 is 2.73 bits per heavy atom. The molecule has 30 heavy (non-hydrogen) atoms. The number of aliphatic imine (C=N–C) groups is 1. The minimum absolute atomic E-state index is 0.0588. The number of hydrogen-bond donors (Lipinski definition) is 0. The monoisotopic (exact) mass is 429 g/mol. The predicted molar refractivity (Wildman–Crippen MR) is 114 cm³/mol. The Labute approximate surface area is 179 Å². The number of carbonyl (C=O) groups is 2. The van der Waals surface area contributed by atoms with E-state index < -0.39 is 12.0 Å². The van der Waals surface area contributed by atoms with Gasteiger partial charge < -0.3 is 14.5 Å². The number of amidine groups is 1. The Hall–Kier alpha value is -2.61. The van der Waals surface area contributed by atoms with E-state index in [1.807, 2.05) is 22.1 Å². The zero-order valence-corrected chi connectivity index (χ0v) is 17.9. The molecule has 1 amide bonds. The van der Waals surface area contributed by atoms with Crippen molar-refractivity contribution in [3.05, 3.63) is 58.0 Å². The first-order valence-electron chi connectivity index (χ1n) is 10.1. The lowest BCUT2D eigenvalue weighted by atomic mass is 9.93. The van der Waals surface area contributed by atoms with Gasteiger partial charge in [-0.05, 0) is 42.4 Å². The molecule has 0 aromatic heterocycles. The van der Waals surface area contributed by atoms with Gasteiger partial charge in [0.2, 0.25) is 5.91 Å². The molecule has 1 atom stereocenters. The average Bonchev–Trinajstić information content (AvgIpc) is 3.42. The lowest BCUT2D eigenvalue weighted by molar-refractivity contribution is -0.136. The van der Waals surface area contributed by atoms with Crippen LogP contribution in [0.25, 0.3) is 0 Å². The number of nitrogens with zero attached hydrogens (tertiary/aromatic N) is 3. The van der Waals surface area contributed by atoms with Gasteiger partial charge in [-0.2, -0.15) is 0 Å². The van der Waals surface area contributed by atoms with Crippen LogP contribution in [0.1, 0.15) is 44.2 Å². The van der Waals surface area contributed by atoms with E-state index in [1.54, 1.807) is 12.1 Å². The number of fused-ring (bicyclic) bond motifs is 1. The van der Waals surface area contributed by atoms with E-state index in [1.165, 1.54) is 31.0 Å². The molecule has 0 unspecified atom stereocenters. The highest BCUT2D eigenvalue weighted by molar-refractivity contribution is 8.16. The number of esters is 1. The number of hydrogen-bond acceptors (Lipinski definition) is 6. The smallest absolute Gasteiger partial charge is 0.338 e. The number of methoxy groups -OCH3 is 1. The molecular formula is C22H24FN3O3S. The minimum Gasteiger partial charge on any atom is -0.466 e. The molecular weight excluding hydrogens is 405 g/mol. The summed E-state index contributed by atoms with van der Waals surface area (Å²) in [6.07, 6.45) is 2.80. The van der Waals surface area contributed by atoms with Gasteiger partial charge in [-0.1, -0.05) is 30.8 Å². The third-order valence-corrected chi connectivity index (χ3v) is 6.47. The molecule has 1 aromatic rings. The predicted octanol–water partition coefficient (Wildman–Crippen LogP) is 3.98. The fourth-order valence-electron chi connectivity index (χ4n) is 4.14. The van der Waals surface area contributed by atoms with Crippen LogP contribution >= 0.6 is 11.8 Å². The average molecular weight is 430 g/mol. The molecule has 0 N–H and O–H groups in total. The number of ether oxygens (including phenoxy) is 1. The van der Waals surface area contributed by atoms with E-state index in [0.29, 0.717) is 28.4 Å². The SMILES string of the molecule is CCC1=C(C(=O)OC)[C@@H](c2cccc(F)c2)N2C(CC(=O)N3CCCC3)=CSC2=N1. The number of thioether (sulfide) groups is 1. The number of rotatable bonds is 5. The lowest BCUT2D eigenvalue weighted by Gasteiger charge is -2.36. The van der Waals surface area contributed by atoms with Crippen LogP contribution in [-0.4, -0.2) is 47.0 Å². The van der Waals surface area contributed by atoms with E-state index >= 15 is 0 Å². The van der Waals surface area contributed by atoms with Crippen LogP contribution in [0.5, 0.6) is 0 Å². The zero-order valence-electron chi connectivity index (χ0n) is 17.1. The maximum atomic E-state index is 14.1. The van der Waals surface area contributed by atoms with Crippen molar-refractivity contribution in [3.63, 3.8) is 0 Å². The number of likely N-dealkylation sites (tertiary alicyclic amines) is 1. The van der Waals surface area contributed by atoms with Crippen molar-refractivity contribution in [2.75, 3.05) is 20.2 Å². The van der Waals surface area contributed by atoms with Crippen molar-refractivity contribution in [1.29, 1.82) is 0 Å². The van der Waals surface area contributed by atoms with E-state index in [-0.39, 0.29) is 18.1 Å². The Morgan fingerprint density at radius 2 is 2.07 bits per heavy atom. The molecule has 0 bridgehead atoms. The number of halogens is 1. The molecule has 6 nitrogen and oxygen atoms in total. The van der Waals surface area contributed by atoms with E-state index in [2.05, 4.69) is 4.99 Å². The Morgan fingerprint density at radius 1 is 1.30 bits per heavy atom. The quantitative estimate of drug-likeness (QED) is 0.663. The molecule has 4 rings (SSSR count). The highest BCUT2D eigenvalue weighted by atomic mass is 32.2. The third kappa shape index (κ3) is 3.76. The van der Waals surface area contributed by atoms with E-state index in [9.17, 15) is 14.0 Å². The molecule has 3 aliphatic heterocycles. The van der Waals surface area contributed by atoms with Crippen LogP contribution in [0.3, 0.4) is 0 Å². The van der Waals surface area contributed by atoms with E-state index in [0.717, 1.165) is 31.6 Å². The number of carbonyl (C=O) groups excluding carboxylic acids is 2. The fraction of sp³-hybridized carbons (Fsp3) is 0.409. The number of benzene rings is 1. The summed E-state index contributed by atoms with van der Waals surface area (Å²) >= 11 is 1.43. The number of amides is 1. The molecule has 1 aromatic carbocycles. The second kappa shape index (κ2) is 8.63. The Kier molecular flexibility index (Phi) is 5.94. The largest absolute Gasteiger partial charge is 0.466 e. The van der Waals surface area contributed by atoms with Gasteiger partial charge in [-0.3, -0.25) is 4.79 Å². The van der Waals surface area contributed by atoms with Crippen LogP contribution in [0.2, 0.25) is 0 Å². The molecule has 0 radical (unpaired) electrons. The van der Waals surface area contributed by atoms with Crippen molar-refractivity contribution in [2.24, 2.45) is 4.99 Å². The molecule has 0 aliphatic carbocycles. The van der Waals surface area contributed by atoms with Gasteiger partial charge in [0.25, 0.3) is 0 Å². The van der Waals surface area contributed by atoms with Gasteiger partial charge in [0, 0.05) is 18.8 Å². The van der Waals surface area contributed by atoms with Crippen LogP contribution in [0.4, 0.5) is 4.39 Å². The normalized spacial score (nSPS) is 20.8. The molecule has 158 valence electrons. The Balaban J connectivity index is 1.75. The summed E-state index contributed by atoms with van der Waals surface area (Å²) in [7, 11) is 1.33. The fourth-order valence-corrected chi connectivity index (χ4v) is 5.08. The summed E-state index contributed by atoms with van der Waals surface area (Å²) in [4.78, 5) is 34.0.